The number of hydrogen-bond donors (Lipinski definition) is 1. The second kappa shape index (κ2) is 4.68. The number of nitrogens with zero attached hydrogens (tertiary/aromatic N) is 2. The number of nitrogens with one attached hydrogen (secondary N) is 1. The fourth-order valence-electron chi connectivity index (χ4n) is 2.57. The maximum Gasteiger partial charge on any atom is 0.133 e. The van der Waals surface area contributed by atoms with Crippen molar-refractivity contribution in [2.24, 2.45) is 5.92 Å². The Balaban J connectivity index is 2.04. The Morgan fingerprint density at radius 3 is 2.74 bits per heavy atom. The van der Waals surface area contributed by atoms with Crippen molar-refractivity contribution in [1.29, 1.82) is 0 Å². The first kappa shape index (κ1) is 12.2. The molecule has 19 heavy (non-hydrogen) atoms. The van der Waals surface area contributed by atoms with Gasteiger partial charge in [-0.1, -0.05) is 13.8 Å². The monoisotopic (exact) mass is 259 g/mol. The van der Waals surface area contributed by atoms with E-state index in [0.717, 1.165) is 30.9 Å². The maximum absolute atomic E-state index is 13.0. The number of hydrogen-bond acceptors (Lipinski definition) is 2. The van der Waals surface area contributed by atoms with Gasteiger partial charge in [0, 0.05) is 12.1 Å². The van der Waals surface area contributed by atoms with E-state index in [4.69, 9.17) is 5.10 Å². The van der Waals surface area contributed by atoms with Gasteiger partial charge >= 0.3 is 0 Å². The molecule has 0 saturated carbocycles. The molecule has 0 atom stereocenters. The molecule has 100 valence electrons. The van der Waals surface area contributed by atoms with E-state index >= 15 is 0 Å². The van der Waals surface area contributed by atoms with Crippen LogP contribution in [0.2, 0.25) is 0 Å². The van der Waals surface area contributed by atoms with Crippen LogP contribution in [-0.4, -0.2) is 16.3 Å². The van der Waals surface area contributed by atoms with E-state index < -0.39 is 0 Å². The van der Waals surface area contributed by atoms with E-state index in [0.29, 0.717) is 5.92 Å². The van der Waals surface area contributed by atoms with Crippen molar-refractivity contribution in [3.8, 4) is 5.69 Å². The average Bonchev–Trinajstić information content (AvgIpc) is 2.94. The van der Waals surface area contributed by atoms with Crippen LogP contribution in [0.15, 0.2) is 24.3 Å². The van der Waals surface area contributed by atoms with E-state index in [-0.39, 0.29) is 5.82 Å². The Kier molecular flexibility index (Phi) is 3.01. The van der Waals surface area contributed by atoms with Gasteiger partial charge in [-0.25, -0.2) is 9.07 Å². The summed E-state index contributed by atoms with van der Waals surface area (Å²) in [6, 6.07) is 6.48. The molecule has 3 nitrogen and oxygen atoms in total. The number of aromatic nitrogens is 2. The number of halogens is 1. The first-order valence-electron chi connectivity index (χ1n) is 6.75. The zero-order chi connectivity index (χ0) is 13.4. The van der Waals surface area contributed by atoms with Crippen molar-refractivity contribution in [2.45, 2.75) is 26.7 Å². The minimum atomic E-state index is -0.220. The predicted molar refractivity (Wildman–Crippen MR) is 74.3 cm³/mol. The lowest BCUT2D eigenvalue weighted by atomic mass is 10.0. The van der Waals surface area contributed by atoms with E-state index in [1.807, 2.05) is 4.68 Å². The van der Waals surface area contributed by atoms with Gasteiger partial charge in [0.05, 0.1) is 11.4 Å². The molecule has 1 aliphatic rings. The molecule has 0 bridgehead atoms. The molecule has 2 aromatic rings. The van der Waals surface area contributed by atoms with Crippen molar-refractivity contribution in [3.63, 3.8) is 0 Å². The lowest BCUT2D eigenvalue weighted by Crippen LogP contribution is -2.06. The van der Waals surface area contributed by atoms with Crippen LogP contribution in [0.4, 0.5) is 10.2 Å². The third kappa shape index (κ3) is 2.23. The van der Waals surface area contributed by atoms with Crippen LogP contribution in [0, 0.1) is 11.7 Å². The highest BCUT2D eigenvalue weighted by atomic mass is 19.1. The van der Waals surface area contributed by atoms with Crippen LogP contribution in [0.5, 0.6) is 0 Å². The minimum absolute atomic E-state index is 0.220. The van der Waals surface area contributed by atoms with Crippen molar-refractivity contribution < 1.29 is 4.39 Å². The van der Waals surface area contributed by atoms with Gasteiger partial charge in [-0.05, 0) is 43.0 Å². The molecule has 0 saturated heterocycles. The first-order valence-corrected chi connectivity index (χ1v) is 6.75. The summed E-state index contributed by atoms with van der Waals surface area (Å²) in [6.45, 7) is 5.36. The van der Waals surface area contributed by atoms with Crippen molar-refractivity contribution in [2.75, 3.05) is 11.9 Å². The van der Waals surface area contributed by atoms with E-state index in [9.17, 15) is 4.39 Å². The van der Waals surface area contributed by atoms with Crippen molar-refractivity contribution >= 4 is 5.82 Å². The quantitative estimate of drug-likeness (QED) is 0.917. The summed E-state index contributed by atoms with van der Waals surface area (Å²) in [6.07, 6.45) is 2.01. The zero-order valence-electron chi connectivity index (χ0n) is 11.3. The second-order valence-electron chi connectivity index (χ2n) is 5.44. The molecule has 0 aliphatic carbocycles. The molecular formula is C15H18FN3. The fraction of sp³-hybridized carbons (Fsp3) is 0.400. The topological polar surface area (TPSA) is 29.9 Å². The Hall–Kier alpha value is -1.84. The summed E-state index contributed by atoms with van der Waals surface area (Å²) in [5.74, 6) is 1.44. The summed E-state index contributed by atoms with van der Waals surface area (Å²) in [7, 11) is 0. The van der Waals surface area contributed by atoms with Crippen LogP contribution in [0.1, 0.15) is 25.1 Å². The smallest absolute Gasteiger partial charge is 0.133 e. The molecule has 1 aromatic heterocycles. The molecular weight excluding hydrogens is 241 g/mol. The lowest BCUT2D eigenvalue weighted by Gasteiger charge is -2.06. The number of rotatable bonds is 3. The Bertz CT molecular complexity index is 584. The highest BCUT2D eigenvalue weighted by Gasteiger charge is 2.23. The van der Waals surface area contributed by atoms with Gasteiger partial charge in [-0.3, -0.25) is 0 Å². The molecule has 4 heteroatoms. The van der Waals surface area contributed by atoms with Crippen LogP contribution in [0.25, 0.3) is 5.69 Å². The molecule has 0 fully saturated rings. The summed E-state index contributed by atoms with van der Waals surface area (Å²) in [5, 5.41) is 8.09. The van der Waals surface area contributed by atoms with E-state index in [1.54, 1.807) is 12.1 Å². The molecule has 1 N–H and O–H groups in total. The van der Waals surface area contributed by atoms with Gasteiger partial charge in [0.1, 0.15) is 11.6 Å². The van der Waals surface area contributed by atoms with Gasteiger partial charge in [-0.2, -0.15) is 5.10 Å². The molecule has 0 spiro atoms. The molecule has 2 heterocycles. The number of benzene rings is 1. The van der Waals surface area contributed by atoms with Crippen LogP contribution in [0.3, 0.4) is 0 Å². The standard InChI is InChI=1S/C15H18FN3/c1-10(2)9-14-13-7-8-17-15(13)19(18-14)12-5-3-11(16)4-6-12/h3-6,10,17H,7-9H2,1-2H3. The van der Waals surface area contributed by atoms with Crippen LogP contribution in [-0.2, 0) is 12.8 Å². The van der Waals surface area contributed by atoms with Gasteiger partial charge in [0.25, 0.3) is 0 Å². The number of anilines is 1. The molecule has 0 amide bonds. The minimum Gasteiger partial charge on any atom is -0.369 e. The fourth-order valence-corrected chi connectivity index (χ4v) is 2.57. The maximum atomic E-state index is 13.0. The molecule has 1 aliphatic heterocycles. The first-order chi connectivity index (χ1) is 9.15. The van der Waals surface area contributed by atoms with Crippen LogP contribution >= 0.6 is 0 Å². The van der Waals surface area contributed by atoms with Gasteiger partial charge in [-0.15, -0.1) is 0 Å². The molecule has 1 aromatic carbocycles. The van der Waals surface area contributed by atoms with E-state index in [1.165, 1.54) is 23.4 Å². The van der Waals surface area contributed by atoms with Crippen molar-refractivity contribution in [1.82, 2.24) is 9.78 Å². The van der Waals surface area contributed by atoms with Gasteiger partial charge < -0.3 is 5.32 Å². The highest BCUT2D eigenvalue weighted by molar-refractivity contribution is 5.57. The molecule has 0 unspecified atom stereocenters. The second-order valence-corrected chi connectivity index (χ2v) is 5.44. The average molecular weight is 259 g/mol. The SMILES string of the molecule is CC(C)Cc1nn(-c2ccc(F)cc2)c2c1CCN2. The summed E-state index contributed by atoms with van der Waals surface area (Å²) >= 11 is 0. The summed E-state index contributed by atoms with van der Waals surface area (Å²) in [4.78, 5) is 0. The Labute approximate surface area is 112 Å². The van der Waals surface area contributed by atoms with Gasteiger partial charge in [0.2, 0.25) is 0 Å². The lowest BCUT2D eigenvalue weighted by molar-refractivity contribution is 0.621. The van der Waals surface area contributed by atoms with Crippen LogP contribution < -0.4 is 5.32 Å². The third-order valence-corrected chi connectivity index (χ3v) is 3.41. The molecule has 3 rings (SSSR count). The van der Waals surface area contributed by atoms with E-state index in [2.05, 4.69) is 19.2 Å². The summed E-state index contributed by atoms with van der Waals surface area (Å²) in [5.41, 5.74) is 3.39. The van der Waals surface area contributed by atoms with Gasteiger partial charge in [0.15, 0.2) is 0 Å². The normalized spacial score (nSPS) is 13.7. The predicted octanol–water partition coefficient (Wildman–Crippen LogP) is 3.18. The Morgan fingerprint density at radius 1 is 1.32 bits per heavy atom. The van der Waals surface area contributed by atoms with Crippen molar-refractivity contribution in [3.05, 3.63) is 41.3 Å². The third-order valence-electron chi connectivity index (χ3n) is 3.41. The highest BCUT2D eigenvalue weighted by Crippen LogP contribution is 2.29. The zero-order valence-corrected chi connectivity index (χ0v) is 11.3. The number of fused-ring (bicyclic) bond motifs is 1. The largest absolute Gasteiger partial charge is 0.369 e. The molecule has 0 radical (unpaired) electrons. The summed E-state index contributed by atoms with van der Waals surface area (Å²) < 4.78 is 14.9. The Morgan fingerprint density at radius 2 is 2.05 bits per heavy atom.